The van der Waals surface area contributed by atoms with E-state index in [1.165, 1.54) is 4.90 Å². The summed E-state index contributed by atoms with van der Waals surface area (Å²) in [5.41, 5.74) is 3.47. The predicted octanol–water partition coefficient (Wildman–Crippen LogP) is 4.89. The van der Waals surface area contributed by atoms with Crippen molar-refractivity contribution in [3.63, 3.8) is 0 Å². The molecule has 31 heavy (non-hydrogen) atoms. The minimum absolute atomic E-state index is 0.00329. The molecule has 0 aromatic heterocycles. The van der Waals surface area contributed by atoms with Crippen molar-refractivity contribution in [3.8, 4) is 0 Å². The molecule has 0 bridgehead atoms. The van der Waals surface area contributed by atoms with Gasteiger partial charge in [0.2, 0.25) is 0 Å². The minimum Gasteiger partial charge on any atom is -0.369 e. The van der Waals surface area contributed by atoms with E-state index in [1.807, 2.05) is 30.3 Å². The van der Waals surface area contributed by atoms with Gasteiger partial charge in [-0.3, -0.25) is 19.8 Å². The van der Waals surface area contributed by atoms with Crippen molar-refractivity contribution in [2.24, 2.45) is 0 Å². The molecule has 1 N–H and O–H groups in total. The maximum absolute atomic E-state index is 13.2. The van der Waals surface area contributed by atoms with E-state index in [-0.39, 0.29) is 16.2 Å². The summed E-state index contributed by atoms with van der Waals surface area (Å²) in [4.78, 5) is 29.4. The number of thiocarbonyl (C=S) groups is 1. The van der Waals surface area contributed by atoms with Gasteiger partial charge in [-0.05, 0) is 79.9 Å². The van der Waals surface area contributed by atoms with Gasteiger partial charge in [0.15, 0.2) is 5.11 Å². The van der Waals surface area contributed by atoms with E-state index in [9.17, 15) is 9.59 Å². The maximum Gasteiger partial charge on any atom is 0.270 e. The van der Waals surface area contributed by atoms with E-state index in [4.69, 9.17) is 23.8 Å². The highest BCUT2D eigenvalue weighted by Gasteiger charge is 2.36. The monoisotopic (exact) mass is 453 g/mol. The maximum atomic E-state index is 13.2. The fourth-order valence-electron chi connectivity index (χ4n) is 4.34. The van der Waals surface area contributed by atoms with E-state index in [1.54, 1.807) is 18.2 Å². The van der Waals surface area contributed by atoms with Gasteiger partial charge in [-0.2, -0.15) is 0 Å². The number of benzene rings is 2. The molecule has 2 aromatic carbocycles. The molecular formula is C24H24ClN3O2S. The van der Waals surface area contributed by atoms with Crippen molar-refractivity contribution in [2.75, 3.05) is 16.8 Å². The van der Waals surface area contributed by atoms with Crippen LogP contribution in [0.2, 0.25) is 5.02 Å². The quantitative estimate of drug-likeness (QED) is 0.399. The lowest BCUT2D eigenvalue weighted by atomic mass is 9.80. The third-order valence-electron chi connectivity index (χ3n) is 6.17. The zero-order chi connectivity index (χ0) is 22.5. The first-order valence-electron chi connectivity index (χ1n) is 10.1. The Balaban J connectivity index is 1.78. The highest BCUT2D eigenvalue weighted by Crippen LogP contribution is 2.44. The lowest BCUT2D eigenvalue weighted by molar-refractivity contribution is -0.122. The Kier molecular flexibility index (Phi) is 5.40. The molecule has 0 saturated carbocycles. The van der Waals surface area contributed by atoms with Gasteiger partial charge in [0.05, 0.1) is 5.69 Å². The SMILES string of the molecule is CC1CC(C)(C)N(C)c2cc(Cl)c(/C=C3/C(=O)NC(=S)N(c4ccccc4)C3=O)cc21. The molecule has 1 atom stereocenters. The molecule has 1 fully saturated rings. The highest BCUT2D eigenvalue weighted by atomic mass is 35.5. The fraction of sp³-hybridized carbons (Fsp3) is 0.292. The largest absolute Gasteiger partial charge is 0.369 e. The van der Waals surface area contributed by atoms with Crippen LogP contribution in [0.1, 0.15) is 44.2 Å². The molecule has 7 heteroatoms. The molecule has 2 amide bonds. The van der Waals surface area contributed by atoms with E-state index >= 15 is 0 Å². The first-order valence-corrected chi connectivity index (χ1v) is 10.9. The van der Waals surface area contributed by atoms with Gasteiger partial charge in [0.1, 0.15) is 5.57 Å². The van der Waals surface area contributed by atoms with Crippen LogP contribution in [0.25, 0.3) is 6.08 Å². The van der Waals surface area contributed by atoms with Crippen LogP contribution in [-0.2, 0) is 9.59 Å². The Hall–Kier alpha value is -2.70. The van der Waals surface area contributed by atoms with E-state index in [0.717, 1.165) is 17.7 Å². The summed E-state index contributed by atoms with van der Waals surface area (Å²) in [5, 5.41) is 3.17. The summed E-state index contributed by atoms with van der Waals surface area (Å²) in [6.07, 6.45) is 2.55. The van der Waals surface area contributed by atoms with Gasteiger partial charge in [-0.25, -0.2) is 0 Å². The molecule has 2 aliphatic heterocycles. The Morgan fingerprint density at radius 3 is 2.55 bits per heavy atom. The third-order valence-corrected chi connectivity index (χ3v) is 6.78. The second-order valence-corrected chi connectivity index (χ2v) is 9.50. The lowest BCUT2D eigenvalue weighted by Gasteiger charge is -2.45. The average molecular weight is 454 g/mol. The molecule has 0 aliphatic carbocycles. The molecule has 1 unspecified atom stereocenters. The van der Waals surface area contributed by atoms with E-state index in [0.29, 0.717) is 22.2 Å². The van der Waals surface area contributed by atoms with Crippen LogP contribution in [0, 0.1) is 0 Å². The van der Waals surface area contributed by atoms with Crippen LogP contribution in [0.15, 0.2) is 48.0 Å². The number of para-hydroxylation sites is 1. The van der Waals surface area contributed by atoms with Crippen molar-refractivity contribution < 1.29 is 9.59 Å². The van der Waals surface area contributed by atoms with Crippen molar-refractivity contribution in [1.29, 1.82) is 0 Å². The first-order chi connectivity index (χ1) is 14.6. The normalized spacial score (nSPS) is 21.9. The highest BCUT2D eigenvalue weighted by molar-refractivity contribution is 7.80. The number of amides is 2. The van der Waals surface area contributed by atoms with Crippen molar-refractivity contribution in [3.05, 3.63) is 64.2 Å². The van der Waals surface area contributed by atoms with Crippen LogP contribution < -0.4 is 15.1 Å². The van der Waals surface area contributed by atoms with E-state index < -0.39 is 11.8 Å². The Morgan fingerprint density at radius 2 is 1.87 bits per heavy atom. The number of anilines is 2. The number of hydrogen-bond acceptors (Lipinski definition) is 4. The summed E-state index contributed by atoms with van der Waals surface area (Å²) >= 11 is 11.9. The summed E-state index contributed by atoms with van der Waals surface area (Å²) in [6, 6.07) is 12.9. The molecule has 5 nitrogen and oxygen atoms in total. The molecule has 1 saturated heterocycles. The standard InChI is InChI=1S/C24H24ClN3O2S/c1-14-13-24(2,3)27(4)20-12-19(25)15(10-17(14)20)11-18-21(29)26-23(31)28(22(18)30)16-8-6-5-7-9-16/h5-12,14H,13H2,1-4H3,(H,26,29,31)/b18-11-. The van der Waals surface area contributed by atoms with Crippen LogP contribution in [0.4, 0.5) is 11.4 Å². The number of halogens is 1. The molecule has 160 valence electrons. The van der Waals surface area contributed by atoms with E-state index in [2.05, 4.69) is 38.0 Å². The Morgan fingerprint density at radius 1 is 1.19 bits per heavy atom. The molecule has 2 aromatic rings. The number of carbonyl (C=O) groups excluding carboxylic acids is 2. The van der Waals surface area contributed by atoms with Gasteiger partial charge >= 0.3 is 0 Å². The zero-order valence-electron chi connectivity index (χ0n) is 17.9. The number of nitrogens with one attached hydrogen (secondary N) is 1. The number of rotatable bonds is 2. The second-order valence-electron chi connectivity index (χ2n) is 8.70. The van der Waals surface area contributed by atoms with Crippen molar-refractivity contribution in [2.45, 2.75) is 38.6 Å². The fourth-order valence-corrected chi connectivity index (χ4v) is 4.83. The zero-order valence-corrected chi connectivity index (χ0v) is 19.5. The van der Waals surface area contributed by atoms with Gasteiger partial charge in [-0.15, -0.1) is 0 Å². The smallest absolute Gasteiger partial charge is 0.270 e. The second kappa shape index (κ2) is 7.77. The van der Waals surface area contributed by atoms with Crippen LogP contribution in [0.5, 0.6) is 0 Å². The number of carbonyl (C=O) groups is 2. The van der Waals surface area contributed by atoms with Crippen LogP contribution >= 0.6 is 23.8 Å². The lowest BCUT2D eigenvalue weighted by Crippen LogP contribution is -2.54. The molecule has 2 aliphatic rings. The average Bonchev–Trinajstić information content (AvgIpc) is 2.70. The first kappa shape index (κ1) is 21.5. The van der Waals surface area contributed by atoms with Crippen LogP contribution in [-0.4, -0.2) is 29.5 Å². The summed E-state index contributed by atoms with van der Waals surface area (Å²) in [7, 11) is 2.07. The molecule has 0 radical (unpaired) electrons. The molecule has 2 heterocycles. The molecule has 4 rings (SSSR count). The van der Waals surface area contributed by atoms with Crippen molar-refractivity contribution in [1.82, 2.24) is 5.32 Å². The number of nitrogens with zero attached hydrogens (tertiary/aromatic N) is 2. The van der Waals surface area contributed by atoms with Gasteiger partial charge in [-0.1, -0.05) is 36.7 Å². The third kappa shape index (κ3) is 3.75. The van der Waals surface area contributed by atoms with Crippen LogP contribution in [0.3, 0.4) is 0 Å². The predicted molar refractivity (Wildman–Crippen MR) is 130 cm³/mol. The number of hydrogen-bond donors (Lipinski definition) is 1. The summed E-state index contributed by atoms with van der Waals surface area (Å²) < 4.78 is 0. The Bertz CT molecular complexity index is 1130. The van der Waals surface area contributed by atoms with Crippen molar-refractivity contribution >= 4 is 58.2 Å². The molecule has 0 spiro atoms. The molecular weight excluding hydrogens is 430 g/mol. The summed E-state index contributed by atoms with van der Waals surface area (Å²) in [6.45, 7) is 6.61. The Labute approximate surface area is 192 Å². The minimum atomic E-state index is -0.526. The van der Waals surface area contributed by atoms with Gasteiger partial charge in [0.25, 0.3) is 11.8 Å². The van der Waals surface area contributed by atoms with Gasteiger partial charge in [0, 0.05) is 23.3 Å². The topological polar surface area (TPSA) is 52.7 Å². The summed E-state index contributed by atoms with van der Waals surface area (Å²) in [5.74, 6) is -0.679. The number of fused-ring (bicyclic) bond motifs is 1. The van der Waals surface area contributed by atoms with Gasteiger partial charge < -0.3 is 4.90 Å².